The number of nitrogens with one attached hydrogen (secondary N) is 1. The smallest absolute Gasteiger partial charge is 0.255 e. The molecule has 1 N–H and O–H groups in total. The summed E-state index contributed by atoms with van der Waals surface area (Å²) >= 11 is 0. The van der Waals surface area contributed by atoms with Crippen molar-refractivity contribution >= 4 is 17.8 Å². The van der Waals surface area contributed by atoms with E-state index in [1.165, 1.54) is 17.2 Å². The lowest BCUT2D eigenvalue weighted by atomic mass is 10.1. The molecule has 3 aromatic carbocycles. The predicted octanol–water partition coefficient (Wildman–Crippen LogP) is 6.17. The molecule has 5 aromatic rings. The van der Waals surface area contributed by atoms with E-state index in [1.807, 2.05) is 49.4 Å². The van der Waals surface area contributed by atoms with Crippen LogP contribution in [0.5, 0.6) is 0 Å². The fraction of sp³-hybridized carbons (Fsp3) is 0.129. The third-order valence-electron chi connectivity index (χ3n) is 6.38. The molecule has 0 spiro atoms. The van der Waals surface area contributed by atoms with E-state index < -0.39 is 5.91 Å². The number of nitrogens with zero attached hydrogens (tertiary/aromatic N) is 3. The minimum atomic E-state index is -0.456. The highest BCUT2D eigenvalue weighted by Gasteiger charge is 2.23. The zero-order valence-corrected chi connectivity index (χ0v) is 21.6. The molecule has 2 heterocycles. The molecule has 0 unspecified atom stereocenters. The molecule has 0 radical (unpaired) electrons. The SMILES string of the molecule is Cc1ccc(-n2cc(-c3ccccc3)nc2NC(=O)CN(Cc2ccco2)C(=O)c2ccccc2C)cc1F. The first-order chi connectivity index (χ1) is 18.9. The van der Waals surface area contributed by atoms with Crippen LogP contribution in [0, 0.1) is 19.7 Å². The number of hydrogen-bond acceptors (Lipinski definition) is 4. The molecule has 7 nitrogen and oxygen atoms in total. The molecular formula is C31H27FN4O3. The van der Waals surface area contributed by atoms with Gasteiger partial charge < -0.3 is 9.32 Å². The molecular weight excluding hydrogens is 495 g/mol. The molecule has 0 aliphatic heterocycles. The molecule has 0 atom stereocenters. The highest BCUT2D eigenvalue weighted by Crippen LogP contribution is 2.25. The first-order valence-electron chi connectivity index (χ1n) is 12.5. The van der Waals surface area contributed by atoms with Crippen molar-refractivity contribution in [3.05, 3.63) is 126 Å². The molecule has 2 amide bonds. The number of benzene rings is 3. The van der Waals surface area contributed by atoms with E-state index in [9.17, 15) is 14.0 Å². The minimum Gasteiger partial charge on any atom is -0.467 e. The topological polar surface area (TPSA) is 80.4 Å². The van der Waals surface area contributed by atoms with Crippen LogP contribution in [0.2, 0.25) is 0 Å². The van der Waals surface area contributed by atoms with E-state index in [2.05, 4.69) is 10.3 Å². The number of furan rings is 1. The fourth-order valence-electron chi connectivity index (χ4n) is 4.26. The third-order valence-corrected chi connectivity index (χ3v) is 6.38. The molecule has 39 heavy (non-hydrogen) atoms. The zero-order chi connectivity index (χ0) is 27.4. The number of rotatable bonds is 8. The van der Waals surface area contributed by atoms with Crippen molar-refractivity contribution in [3.8, 4) is 16.9 Å². The fourth-order valence-corrected chi connectivity index (χ4v) is 4.26. The van der Waals surface area contributed by atoms with Gasteiger partial charge in [0.15, 0.2) is 0 Å². The van der Waals surface area contributed by atoms with Crippen molar-refractivity contribution < 1.29 is 18.4 Å². The summed E-state index contributed by atoms with van der Waals surface area (Å²) in [5.41, 5.74) is 3.77. The lowest BCUT2D eigenvalue weighted by Crippen LogP contribution is -2.38. The highest BCUT2D eigenvalue weighted by atomic mass is 19.1. The summed E-state index contributed by atoms with van der Waals surface area (Å²) in [5, 5.41) is 2.83. The Morgan fingerprint density at radius 2 is 1.72 bits per heavy atom. The molecule has 8 heteroatoms. The van der Waals surface area contributed by atoms with Gasteiger partial charge in [-0.25, -0.2) is 9.37 Å². The molecule has 0 aliphatic carbocycles. The van der Waals surface area contributed by atoms with Gasteiger partial charge in [0.25, 0.3) is 5.91 Å². The Morgan fingerprint density at radius 1 is 0.949 bits per heavy atom. The number of aryl methyl sites for hydroxylation is 2. The maximum Gasteiger partial charge on any atom is 0.255 e. The Labute approximate surface area is 225 Å². The van der Waals surface area contributed by atoms with Gasteiger partial charge in [-0.15, -0.1) is 0 Å². The van der Waals surface area contributed by atoms with Gasteiger partial charge >= 0.3 is 0 Å². The van der Waals surface area contributed by atoms with Crippen LogP contribution in [-0.2, 0) is 11.3 Å². The number of anilines is 1. The zero-order valence-electron chi connectivity index (χ0n) is 21.6. The summed E-state index contributed by atoms with van der Waals surface area (Å²) in [6.07, 6.45) is 3.27. The number of carbonyl (C=O) groups excluding carboxylic acids is 2. The van der Waals surface area contributed by atoms with Crippen molar-refractivity contribution in [2.75, 3.05) is 11.9 Å². The van der Waals surface area contributed by atoms with Crippen LogP contribution in [0.4, 0.5) is 10.3 Å². The van der Waals surface area contributed by atoms with Gasteiger partial charge in [-0.1, -0.05) is 54.6 Å². The van der Waals surface area contributed by atoms with Crippen molar-refractivity contribution in [2.24, 2.45) is 0 Å². The first-order valence-corrected chi connectivity index (χ1v) is 12.5. The van der Waals surface area contributed by atoms with Crippen LogP contribution in [0.15, 0.2) is 102 Å². The molecule has 0 bridgehead atoms. The van der Waals surface area contributed by atoms with E-state index >= 15 is 0 Å². The molecule has 0 saturated carbocycles. The molecule has 196 valence electrons. The Bertz CT molecular complexity index is 1610. The Kier molecular flexibility index (Phi) is 7.36. The van der Waals surface area contributed by atoms with Crippen molar-refractivity contribution in [1.82, 2.24) is 14.5 Å². The van der Waals surface area contributed by atoms with Crippen LogP contribution in [0.25, 0.3) is 16.9 Å². The second-order valence-electron chi connectivity index (χ2n) is 9.22. The standard InChI is InChI=1S/C31H27FN4O3/c1-21-9-6-7-13-26(21)30(38)35(18-25-12-8-16-39-25)20-29(37)34-31-33-28(23-10-4-3-5-11-23)19-36(31)24-15-14-22(2)27(32)17-24/h3-17,19H,18,20H2,1-2H3,(H,33,34,37). The first kappa shape index (κ1) is 25.7. The van der Waals surface area contributed by atoms with Gasteiger partial charge in [-0.3, -0.25) is 19.5 Å². The largest absolute Gasteiger partial charge is 0.467 e. The molecule has 0 saturated heterocycles. The third kappa shape index (κ3) is 5.80. The van der Waals surface area contributed by atoms with Crippen LogP contribution in [-0.4, -0.2) is 32.8 Å². The quantitative estimate of drug-likeness (QED) is 0.264. The molecule has 5 rings (SSSR count). The second kappa shape index (κ2) is 11.2. The van der Waals surface area contributed by atoms with Gasteiger partial charge in [0.05, 0.1) is 24.2 Å². The normalized spacial score (nSPS) is 10.8. The van der Waals surface area contributed by atoms with Crippen LogP contribution >= 0.6 is 0 Å². The lowest BCUT2D eigenvalue weighted by molar-refractivity contribution is -0.117. The summed E-state index contributed by atoms with van der Waals surface area (Å²) in [5.74, 6) is -0.361. The number of hydrogen-bond donors (Lipinski definition) is 1. The number of carbonyl (C=O) groups is 2. The lowest BCUT2D eigenvalue weighted by Gasteiger charge is -2.22. The second-order valence-corrected chi connectivity index (χ2v) is 9.22. The Hall–Kier alpha value is -4.98. The summed E-state index contributed by atoms with van der Waals surface area (Å²) < 4.78 is 21.5. The van der Waals surface area contributed by atoms with Gasteiger partial charge in [0.1, 0.15) is 18.1 Å². The number of halogens is 1. The predicted molar refractivity (Wildman–Crippen MR) is 147 cm³/mol. The maximum atomic E-state index is 14.4. The number of amides is 2. The van der Waals surface area contributed by atoms with Gasteiger partial charge in [0.2, 0.25) is 11.9 Å². The Balaban J connectivity index is 1.45. The summed E-state index contributed by atoms with van der Waals surface area (Å²) in [4.78, 5) is 32.9. The van der Waals surface area contributed by atoms with E-state index in [0.717, 1.165) is 11.1 Å². The maximum absolute atomic E-state index is 14.4. The summed E-state index contributed by atoms with van der Waals surface area (Å²) in [6.45, 7) is 3.40. The van der Waals surface area contributed by atoms with Gasteiger partial charge in [-0.2, -0.15) is 0 Å². The van der Waals surface area contributed by atoms with Crippen LogP contribution in [0.1, 0.15) is 27.2 Å². The molecule has 0 aliphatic rings. The number of aromatic nitrogens is 2. The van der Waals surface area contributed by atoms with E-state index in [0.29, 0.717) is 28.3 Å². The Morgan fingerprint density at radius 3 is 2.44 bits per heavy atom. The average molecular weight is 523 g/mol. The monoisotopic (exact) mass is 522 g/mol. The summed E-state index contributed by atoms with van der Waals surface area (Å²) in [7, 11) is 0. The average Bonchev–Trinajstić information content (AvgIpc) is 3.60. The van der Waals surface area contributed by atoms with Crippen LogP contribution in [0.3, 0.4) is 0 Å². The number of imidazole rings is 1. The highest BCUT2D eigenvalue weighted by molar-refractivity contribution is 5.99. The van der Waals surface area contributed by atoms with Crippen molar-refractivity contribution in [1.29, 1.82) is 0 Å². The van der Waals surface area contributed by atoms with E-state index in [-0.39, 0.29) is 30.8 Å². The minimum absolute atomic E-state index is 0.112. The van der Waals surface area contributed by atoms with E-state index in [4.69, 9.17) is 4.42 Å². The van der Waals surface area contributed by atoms with Gasteiger partial charge in [-0.05, 0) is 55.3 Å². The van der Waals surface area contributed by atoms with Crippen molar-refractivity contribution in [3.63, 3.8) is 0 Å². The van der Waals surface area contributed by atoms with Crippen LogP contribution < -0.4 is 5.32 Å². The summed E-state index contributed by atoms with van der Waals surface area (Å²) in [6, 6.07) is 25.0. The van der Waals surface area contributed by atoms with Crippen molar-refractivity contribution in [2.45, 2.75) is 20.4 Å². The molecule has 0 fully saturated rings. The van der Waals surface area contributed by atoms with E-state index in [1.54, 1.807) is 54.1 Å². The molecule has 2 aromatic heterocycles. The van der Waals surface area contributed by atoms with Gasteiger partial charge in [0, 0.05) is 17.3 Å².